The minimum atomic E-state index is -3.82. The first-order valence-corrected chi connectivity index (χ1v) is 11.9. The molecule has 0 saturated carbocycles. The predicted octanol–water partition coefficient (Wildman–Crippen LogP) is 3.46. The van der Waals surface area contributed by atoms with Crippen molar-refractivity contribution in [2.45, 2.75) is 38.3 Å². The fourth-order valence-corrected chi connectivity index (χ4v) is 4.24. The van der Waals surface area contributed by atoms with E-state index in [0.717, 1.165) is 5.56 Å². The third-order valence-electron chi connectivity index (χ3n) is 5.05. The molecule has 1 atom stereocenters. The summed E-state index contributed by atoms with van der Waals surface area (Å²) in [5.74, 6) is -0.502. The Kier molecular flexibility index (Phi) is 7.67. The lowest BCUT2D eigenvalue weighted by molar-refractivity contribution is -0.118. The number of aryl methyl sites for hydroxylation is 1. The number of furan rings is 1. The van der Waals surface area contributed by atoms with Gasteiger partial charge in [0.1, 0.15) is 11.8 Å². The van der Waals surface area contributed by atoms with Gasteiger partial charge in [0.15, 0.2) is 0 Å². The number of carbonyl (C=O) groups excluding carboxylic acids is 2. The number of hydrogen-bond donors (Lipinski definition) is 3. The molecule has 174 valence electrons. The Hall–Kier alpha value is -3.43. The summed E-state index contributed by atoms with van der Waals surface area (Å²) in [6, 6.07) is 15.6. The van der Waals surface area contributed by atoms with Crippen molar-refractivity contribution in [1.82, 2.24) is 10.0 Å². The van der Waals surface area contributed by atoms with E-state index < -0.39 is 22.0 Å². The van der Waals surface area contributed by atoms with Gasteiger partial charge in [-0.05, 0) is 54.8 Å². The summed E-state index contributed by atoms with van der Waals surface area (Å²) in [5.41, 5.74) is 1.60. The maximum atomic E-state index is 12.9. The summed E-state index contributed by atoms with van der Waals surface area (Å²) in [7, 11) is -3.82. The van der Waals surface area contributed by atoms with Crippen molar-refractivity contribution in [2.75, 3.05) is 5.32 Å². The third kappa shape index (κ3) is 6.30. The number of sulfonamides is 1. The van der Waals surface area contributed by atoms with Gasteiger partial charge in [-0.15, -0.1) is 0 Å². The number of anilines is 1. The highest BCUT2D eigenvalue weighted by Gasteiger charge is 2.25. The number of benzene rings is 2. The lowest BCUT2D eigenvalue weighted by Gasteiger charge is -2.22. The molecule has 8 nitrogen and oxygen atoms in total. The second kappa shape index (κ2) is 10.5. The van der Waals surface area contributed by atoms with Crippen molar-refractivity contribution in [2.24, 2.45) is 5.92 Å². The monoisotopic (exact) mass is 469 g/mol. The Morgan fingerprint density at radius 1 is 1.00 bits per heavy atom. The van der Waals surface area contributed by atoms with E-state index in [1.54, 1.807) is 30.3 Å². The van der Waals surface area contributed by atoms with Crippen molar-refractivity contribution < 1.29 is 22.4 Å². The molecule has 3 aromatic rings. The molecule has 0 aliphatic carbocycles. The lowest BCUT2D eigenvalue weighted by atomic mass is 10.0. The van der Waals surface area contributed by atoms with Crippen molar-refractivity contribution in [1.29, 1.82) is 0 Å². The first-order chi connectivity index (χ1) is 15.7. The molecule has 0 spiro atoms. The highest BCUT2D eigenvalue weighted by atomic mass is 32.2. The van der Waals surface area contributed by atoms with Crippen molar-refractivity contribution >= 4 is 27.5 Å². The van der Waals surface area contributed by atoms with Gasteiger partial charge >= 0.3 is 0 Å². The molecule has 0 bridgehead atoms. The Morgan fingerprint density at radius 2 is 1.76 bits per heavy atom. The summed E-state index contributed by atoms with van der Waals surface area (Å²) in [6.45, 7) is 5.47. The van der Waals surface area contributed by atoms with Crippen LogP contribution in [-0.4, -0.2) is 26.3 Å². The van der Waals surface area contributed by atoms with Crippen LogP contribution in [0.5, 0.6) is 0 Å². The van der Waals surface area contributed by atoms with Crippen LogP contribution in [0.15, 0.2) is 76.2 Å². The second-order valence-electron chi connectivity index (χ2n) is 7.93. The van der Waals surface area contributed by atoms with Crippen LogP contribution < -0.4 is 15.4 Å². The smallest absolute Gasteiger partial charge is 0.252 e. The Balaban J connectivity index is 1.71. The van der Waals surface area contributed by atoms with Gasteiger partial charge < -0.3 is 15.1 Å². The van der Waals surface area contributed by atoms with Crippen molar-refractivity contribution in [3.05, 3.63) is 83.8 Å². The molecule has 0 fully saturated rings. The average Bonchev–Trinajstić information content (AvgIpc) is 3.30. The maximum Gasteiger partial charge on any atom is 0.252 e. The Bertz CT molecular complexity index is 1220. The number of hydrogen-bond acceptors (Lipinski definition) is 5. The second-order valence-corrected chi connectivity index (χ2v) is 9.70. The molecule has 3 rings (SSSR count). The first-order valence-electron chi connectivity index (χ1n) is 10.5. The minimum Gasteiger partial charge on any atom is -0.468 e. The van der Waals surface area contributed by atoms with E-state index in [2.05, 4.69) is 15.4 Å². The summed E-state index contributed by atoms with van der Waals surface area (Å²) in [5, 5.41) is 5.49. The molecule has 9 heteroatoms. The fourth-order valence-electron chi connectivity index (χ4n) is 3.21. The largest absolute Gasteiger partial charge is 0.468 e. The molecule has 1 unspecified atom stereocenters. The van der Waals surface area contributed by atoms with Crippen LogP contribution in [0.25, 0.3) is 0 Å². The molecule has 3 N–H and O–H groups in total. The van der Waals surface area contributed by atoms with E-state index in [1.807, 2.05) is 32.9 Å². The molecule has 0 saturated heterocycles. The van der Waals surface area contributed by atoms with Gasteiger partial charge in [0, 0.05) is 11.3 Å². The van der Waals surface area contributed by atoms with E-state index in [-0.39, 0.29) is 23.3 Å². The van der Waals surface area contributed by atoms with Gasteiger partial charge in [0.05, 0.1) is 17.7 Å². The Labute approximate surface area is 193 Å². The molecular weight excluding hydrogens is 442 g/mol. The first kappa shape index (κ1) is 24.2. The van der Waals surface area contributed by atoms with Gasteiger partial charge in [-0.2, -0.15) is 0 Å². The van der Waals surface area contributed by atoms with Crippen LogP contribution in [0.1, 0.15) is 35.5 Å². The van der Waals surface area contributed by atoms with Gasteiger partial charge in [-0.25, -0.2) is 13.1 Å². The zero-order chi connectivity index (χ0) is 24.0. The van der Waals surface area contributed by atoms with Crippen molar-refractivity contribution in [3.8, 4) is 0 Å². The zero-order valence-electron chi connectivity index (χ0n) is 18.7. The van der Waals surface area contributed by atoms with Crippen LogP contribution in [0.4, 0.5) is 5.69 Å². The van der Waals surface area contributed by atoms with E-state index in [9.17, 15) is 18.0 Å². The summed E-state index contributed by atoms with van der Waals surface area (Å²) < 4.78 is 32.8. The topological polar surface area (TPSA) is 118 Å². The van der Waals surface area contributed by atoms with E-state index in [0.29, 0.717) is 17.0 Å². The van der Waals surface area contributed by atoms with E-state index >= 15 is 0 Å². The Morgan fingerprint density at radius 3 is 2.42 bits per heavy atom. The molecule has 0 radical (unpaired) electrons. The number of nitrogens with one attached hydrogen (secondary N) is 3. The molecule has 0 aliphatic heterocycles. The lowest BCUT2D eigenvalue weighted by Crippen LogP contribution is -2.47. The molecule has 33 heavy (non-hydrogen) atoms. The number of carbonyl (C=O) groups is 2. The van der Waals surface area contributed by atoms with E-state index in [1.165, 1.54) is 24.5 Å². The molecule has 2 amide bonds. The highest BCUT2D eigenvalue weighted by Crippen LogP contribution is 2.17. The minimum absolute atomic E-state index is 0.00287. The quantitative estimate of drug-likeness (QED) is 0.444. The zero-order valence-corrected chi connectivity index (χ0v) is 19.5. The molecule has 1 heterocycles. The van der Waals surface area contributed by atoms with Crippen molar-refractivity contribution in [3.63, 3.8) is 0 Å². The van der Waals surface area contributed by atoms with Crippen LogP contribution in [0.2, 0.25) is 0 Å². The average molecular weight is 470 g/mol. The normalized spacial score (nSPS) is 12.4. The molecule has 2 aromatic carbocycles. The molecule has 0 aliphatic rings. The third-order valence-corrected chi connectivity index (χ3v) is 6.45. The van der Waals surface area contributed by atoms with Crippen LogP contribution in [0, 0.1) is 12.8 Å². The van der Waals surface area contributed by atoms with Crippen LogP contribution in [-0.2, 0) is 21.4 Å². The fraction of sp³-hybridized carbons (Fsp3) is 0.250. The number of rotatable bonds is 9. The maximum absolute atomic E-state index is 12.9. The molecular formula is C24H27N3O5S. The van der Waals surface area contributed by atoms with Gasteiger partial charge in [-0.1, -0.05) is 38.1 Å². The van der Waals surface area contributed by atoms with E-state index in [4.69, 9.17) is 4.42 Å². The van der Waals surface area contributed by atoms with Crippen LogP contribution in [0.3, 0.4) is 0 Å². The van der Waals surface area contributed by atoms with Gasteiger partial charge in [-0.3, -0.25) is 9.59 Å². The SMILES string of the molecule is Cc1ccccc1C(=O)NC(C(=O)Nc1cccc(S(=O)(=O)NCc2ccco2)c1)C(C)C. The standard InChI is InChI=1S/C24H27N3O5S/c1-16(2)22(27-23(28)21-12-5-4-8-17(21)3)24(29)26-18-9-6-11-20(14-18)33(30,31)25-15-19-10-7-13-32-19/h4-14,16,22,25H,15H2,1-3H3,(H,26,29)(H,27,28). The predicted molar refractivity (Wildman–Crippen MR) is 125 cm³/mol. The van der Waals surface area contributed by atoms with Crippen LogP contribution >= 0.6 is 0 Å². The van der Waals surface area contributed by atoms with Gasteiger partial charge in [0.2, 0.25) is 15.9 Å². The highest BCUT2D eigenvalue weighted by molar-refractivity contribution is 7.89. The summed E-state index contributed by atoms with van der Waals surface area (Å²) in [6.07, 6.45) is 1.46. The summed E-state index contributed by atoms with van der Waals surface area (Å²) >= 11 is 0. The molecule has 1 aromatic heterocycles. The van der Waals surface area contributed by atoms with Gasteiger partial charge in [0.25, 0.3) is 5.91 Å². The number of amides is 2. The summed E-state index contributed by atoms with van der Waals surface area (Å²) in [4.78, 5) is 25.6.